The van der Waals surface area contributed by atoms with Gasteiger partial charge in [-0.25, -0.2) is 4.39 Å². The maximum atomic E-state index is 12.6. The van der Waals surface area contributed by atoms with E-state index in [1.165, 1.54) is 6.92 Å². The van der Waals surface area contributed by atoms with Crippen molar-refractivity contribution in [3.63, 3.8) is 0 Å². The first kappa shape index (κ1) is 11.9. The van der Waals surface area contributed by atoms with Crippen LogP contribution in [0, 0.1) is 12.3 Å². The number of likely N-dealkylation sites (N-methyl/N-ethyl adjacent to an activating group) is 1. The molecule has 0 saturated heterocycles. The molecule has 0 aromatic carbocycles. The van der Waals surface area contributed by atoms with Crippen LogP contribution in [0.25, 0.3) is 0 Å². The quantitative estimate of drug-likeness (QED) is 0.519. The zero-order chi connectivity index (χ0) is 10.3. The van der Waals surface area contributed by atoms with Crippen molar-refractivity contribution in [2.45, 2.75) is 26.3 Å². The third kappa shape index (κ3) is 5.21. The number of rotatable bonds is 4. The van der Waals surface area contributed by atoms with Gasteiger partial charge in [-0.15, -0.1) is 6.42 Å². The first-order valence-electron chi connectivity index (χ1n) is 4.23. The summed E-state index contributed by atoms with van der Waals surface area (Å²) in [6.07, 6.45) is 9.55. The topological polar surface area (TPSA) is 12.0 Å². The first-order chi connectivity index (χ1) is 6.11. The van der Waals surface area contributed by atoms with Crippen LogP contribution >= 0.6 is 0 Å². The molecule has 72 valence electrons. The molecule has 0 aliphatic carbocycles. The van der Waals surface area contributed by atoms with Crippen LogP contribution < -0.4 is 5.32 Å². The average molecular weight is 181 g/mol. The second kappa shape index (κ2) is 6.45. The van der Waals surface area contributed by atoms with Gasteiger partial charge in [0.2, 0.25) is 0 Å². The molecule has 1 atom stereocenters. The molecule has 0 aromatic rings. The SMILES string of the molecule is C#C[C@H](/C=C\C/C(C)=C(\C)F)NC. The number of terminal acetylenes is 1. The fourth-order valence-corrected chi connectivity index (χ4v) is 0.757. The van der Waals surface area contributed by atoms with Crippen LogP contribution in [-0.4, -0.2) is 13.1 Å². The molecule has 0 spiro atoms. The van der Waals surface area contributed by atoms with Gasteiger partial charge in [0.05, 0.1) is 11.9 Å². The Labute approximate surface area is 79.7 Å². The second-order valence-corrected chi connectivity index (χ2v) is 2.88. The van der Waals surface area contributed by atoms with Gasteiger partial charge in [-0.3, -0.25) is 0 Å². The molecule has 13 heavy (non-hydrogen) atoms. The Balaban J connectivity index is 4.03. The van der Waals surface area contributed by atoms with E-state index in [1.807, 2.05) is 12.2 Å². The molecule has 1 nitrogen and oxygen atoms in total. The Morgan fingerprint density at radius 3 is 2.62 bits per heavy atom. The Hall–Kier alpha value is -1.07. The zero-order valence-electron chi connectivity index (χ0n) is 8.39. The second-order valence-electron chi connectivity index (χ2n) is 2.88. The average Bonchev–Trinajstić information content (AvgIpc) is 2.12. The highest BCUT2D eigenvalue weighted by Crippen LogP contribution is 2.09. The van der Waals surface area contributed by atoms with E-state index < -0.39 is 0 Å². The Morgan fingerprint density at radius 1 is 1.62 bits per heavy atom. The fourth-order valence-electron chi connectivity index (χ4n) is 0.757. The van der Waals surface area contributed by atoms with E-state index in [4.69, 9.17) is 6.42 Å². The Kier molecular flexibility index (Phi) is 5.92. The van der Waals surface area contributed by atoms with E-state index in [1.54, 1.807) is 14.0 Å². The van der Waals surface area contributed by atoms with Crippen molar-refractivity contribution in [3.8, 4) is 12.3 Å². The van der Waals surface area contributed by atoms with Gasteiger partial charge in [0, 0.05) is 0 Å². The van der Waals surface area contributed by atoms with Gasteiger partial charge in [0.15, 0.2) is 0 Å². The summed E-state index contributed by atoms with van der Waals surface area (Å²) in [7, 11) is 1.79. The van der Waals surface area contributed by atoms with Crippen LogP contribution in [0.2, 0.25) is 0 Å². The molecule has 0 bridgehead atoms. The van der Waals surface area contributed by atoms with Crippen LogP contribution in [-0.2, 0) is 0 Å². The molecule has 2 heteroatoms. The van der Waals surface area contributed by atoms with Gasteiger partial charge in [-0.1, -0.05) is 18.1 Å². The fraction of sp³-hybridized carbons (Fsp3) is 0.455. The lowest BCUT2D eigenvalue weighted by Gasteiger charge is -2.01. The summed E-state index contributed by atoms with van der Waals surface area (Å²) in [5, 5.41) is 2.92. The lowest BCUT2D eigenvalue weighted by molar-refractivity contribution is 0.624. The van der Waals surface area contributed by atoms with Gasteiger partial charge in [0.1, 0.15) is 0 Å². The molecular weight excluding hydrogens is 165 g/mol. The predicted molar refractivity (Wildman–Crippen MR) is 54.9 cm³/mol. The van der Waals surface area contributed by atoms with Crippen molar-refractivity contribution in [2.24, 2.45) is 0 Å². The third-order valence-electron chi connectivity index (χ3n) is 1.83. The van der Waals surface area contributed by atoms with E-state index in [2.05, 4.69) is 11.2 Å². The molecule has 1 N–H and O–H groups in total. The van der Waals surface area contributed by atoms with Gasteiger partial charge in [0.25, 0.3) is 0 Å². The van der Waals surface area contributed by atoms with Crippen molar-refractivity contribution in [1.82, 2.24) is 5.32 Å². The molecule has 0 aliphatic rings. The Morgan fingerprint density at radius 2 is 2.23 bits per heavy atom. The highest BCUT2D eigenvalue weighted by atomic mass is 19.1. The van der Waals surface area contributed by atoms with Crippen molar-refractivity contribution >= 4 is 0 Å². The smallest absolute Gasteiger partial charge is 0.0961 e. The maximum absolute atomic E-state index is 12.6. The summed E-state index contributed by atoms with van der Waals surface area (Å²) in [6.45, 7) is 3.23. The molecule has 0 aliphatic heterocycles. The van der Waals surface area contributed by atoms with E-state index in [0.29, 0.717) is 6.42 Å². The molecule has 0 amide bonds. The van der Waals surface area contributed by atoms with Crippen molar-refractivity contribution in [3.05, 3.63) is 23.6 Å². The number of nitrogens with one attached hydrogen (secondary N) is 1. The maximum Gasteiger partial charge on any atom is 0.0961 e. The summed E-state index contributed by atoms with van der Waals surface area (Å²) in [4.78, 5) is 0. The lowest BCUT2D eigenvalue weighted by Crippen LogP contribution is -2.19. The predicted octanol–water partition coefficient (Wildman–Crippen LogP) is 2.42. The summed E-state index contributed by atoms with van der Waals surface area (Å²) >= 11 is 0. The molecular formula is C11H16FN. The highest BCUT2D eigenvalue weighted by Gasteiger charge is 1.94. The van der Waals surface area contributed by atoms with Crippen LogP contribution in [0.3, 0.4) is 0 Å². The van der Waals surface area contributed by atoms with Gasteiger partial charge < -0.3 is 5.32 Å². The van der Waals surface area contributed by atoms with E-state index in [9.17, 15) is 4.39 Å². The standard InChI is InChI=1S/C11H16FN/c1-5-11(13-4)8-6-7-9(2)10(3)12/h1,6,8,11,13H,7H2,2-4H3/b8-6-,10-9+/t11-/m1/s1. The minimum absolute atomic E-state index is 0.0623. The lowest BCUT2D eigenvalue weighted by atomic mass is 10.1. The van der Waals surface area contributed by atoms with Crippen molar-refractivity contribution in [1.29, 1.82) is 0 Å². The Bertz CT molecular complexity index is 241. The van der Waals surface area contributed by atoms with Crippen LogP contribution in [0.1, 0.15) is 20.3 Å². The van der Waals surface area contributed by atoms with Crippen LogP contribution in [0.5, 0.6) is 0 Å². The van der Waals surface area contributed by atoms with Crippen molar-refractivity contribution < 1.29 is 4.39 Å². The van der Waals surface area contributed by atoms with E-state index in [0.717, 1.165) is 5.57 Å². The van der Waals surface area contributed by atoms with Gasteiger partial charge >= 0.3 is 0 Å². The van der Waals surface area contributed by atoms with Crippen LogP contribution in [0.4, 0.5) is 4.39 Å². The van der Waals surface area contributed by atoms with E-state index >= 15 is 0 Å². The minimum Gasteiger partial charge on any atom is -0.304 e. The number of hydrogen-bond acceptors (Lipinski definition) is 1. The van der Waals surface area contributed by atoms with Crippen LogP contribution in [0.15, 0.2) is 23.6 Å². The molecule has 0 heterocycles. The number of hydrogen-bond donors (Lipinski definition) is 1. The summed E-state index contributed by atoms with van der Waals surface area (Å²) in [5.41, 5.74) is 0.739. The summed E-state index contributed by atoms with van der Waals surface area (Å²) in [5.74, 6) is 2.43. The zero-order valence-corrected chi connectivity index (χ0v) is 8.39. The molecule has 0 aromatic heterocycles. The first-order valence-corrected chi connectivity index (χ1v) is 4.23. The van der Waals surface area contributed by atoms with Crippen molar-refractivity contribution in [2.75, 3.05) is 7.05 Å². The summed E-state index contributed by atoms with van der Waals surface area (Å²) < 4.78 is 12.6. The monoisotopic (exact) mass is 181 g/mol. The molecule has 0 fully saturated rings. The summed E-state index contributed by atoms with van der Waals surface area (Å²) in [6, 6.07) is -0.0623. The largest absolute Gasteiger partial charge is 0.304 e. The third-order valence-corrected chi connectivity index (χ3v) is 1.83. The number of allylic oxidation sites excluding steroid dienone is 3. The molecule has 0 unspecified atom stereocenters. The normalized spacial score (nSPS) is 15.3. The van der Waals surface area contributed by atoms with Gasteiger partial charge in [-0.2, -0.15) is 0 Å². The highest BCUT2D eigenvalue weighted by molar-refractivity contribution is 5.14. The van der Waals surface area contributed by atoms with Gasteiger partial charge in [-0.05, 0) is 32.9 Å². The molecule has 0 saturated carbocycles. The molecule has 0 radical (unpaired) electrons. The minimum atomic E-state index is -0.119. The number of halogens is 1. The molecule has 0 rings (SSSR count). The van der Waals surface area contributed by atoms with E-state index in [-0.39, 0.29) is 11.9 Å².